The number of alkyl halides is 1. The van der Waals surface area contributed by atoms with Crippen LogP contribution in [0.3, 0.4) is 0 Å². The number of benzene rings is 1. The van der Waals surface area contributed by atoms with Crippen molar-refractivity contribution in [1.29, 1.82) is 0 Å². The van der Waals surface area contributed by atoms with Gasteiger partial charge in [-0.05, 0) is 17.0 Å². The van der Waals surface area contributed by atoms with E-state index in [1.165, 1.54) is 11.1 Å². The highest BCUT2D eigenvalue weighted by Gasteiger charge is 2.26. The molecule has 0 saturated heterocycles. The number of halogens is 1. The molecule has 1 rings (SSSR count). The van der Waals surface area contributed by atoms with Gasteiger partial charge in [0.1, 0.15) is 5.75 Å². The van der Waals surface area contributed by atoms with Crippen molar-refractivity contribution in [2.75, 3.05) is 19.1 Å². The summed E-state index contributed by atoms with van der Waals surface area (Å²) in [4.78, 5) is 0. The molecule has 0 aliphatic carbocycles. The number of rotatable bonds is 5. The molecular weight excluding hydrogens is 302 g/mol. The topological polar surface area (TPSA) is 21.3 Å². The molecule has 0 aromatic heterocycles. The van der Waals surface area contributed by atoms with E-state index in [-0.39, 0.29) is 10.8 Å². The number of hydrogen-bond acceptors (Lipinski definition) is 2. The van der Waals surface area contributed by atoms with Crippen molar-refractivity contribution in [1.82, 2.24) is 5.32 Å². The van der Waals surface area contributed by atoms with E-state index in [9.17, 15) is 0 Å². The highest BCUT2D eigenvalue weighted by Crippen LogP contribution is 2.35. The van der Waals surface area contributed by atoms with Gasteiger partial charge in [0.05, 0.1) is 12.6 Å². The van der Waals surface area contributed by atoms with Crippen LogP contribution in [0.2, 0.25) is 0 Å². The van der Waals surface area contributed by atoms with Crippen LogP contribution in [0.1, 0.15) is 45.7 Å². The average Bonchev–Trinajstić information content (AvgIpc) is 2.34. The zero-order valence-corrected chi connectivity index (χ0v) is 14.5. The Bertz CT molecular complexity index is 421. The van der Waals surface area contributed by atoms with Gasteiger partial charge < -0.3 is 10.1 Å². The first-order chi connectivity index (χ1) is 8.72. The van der Waals surface area contributed by atoms with Gasteiger partial charge in [-0.3, -0.25) is 0 Å². The molecule has 1 N–H and O–H groups in total. The summed E-state index contributed by atoms with van der Waals surface area (Å²) < 4.78 is 5.54. The second-order valence-corrected chi connectivity index (χ2v) is 7.17. The average molecular weight is 328 g/mol. The Morgan fingerprint density at radius 3 is 2.26 bits per heavy atom. The Labute approximate surface area is 126 Å². The summed E-state index contributed by atoms with van der Waals surface area (Å²) in [6.07, 6.45) is 0. The molecule has 2 nitrogen and oxygen atoms in total. The standard InChI is InChI=1S/C16H26BrNO/c1-15(2,3)12-7-8-14(19-6)13(9-12)16(4,5)10-18-11-17/h7-9,18H,10-11H2,1-6H3. The number of hydrogen-bond donors (Lipinski definition) is 1. The van der Waals surface area contributed by atoms with Gasteiger partial charge in [0.25, 0.3) is 0 Å². The lowest BCUT2D eigenvalue weighted by Gasteiger charge is -2.30. The smallest absolute Gasteiger partial charge is 0.122 e. The fraction of sp³-hybridized carbons (Fsp3) is 0.625. The molecule has 0 saturated carbocycles. The minimum absolute atomic E-state index is 0.0281. The van der Waals surface area contributed by atoms with Gasteiger partial charge in [0.15, 0.2) is 0 Å². The van der Waals surface area contributed by atoms with Crippen molar-refractivity contribution in [3.05, 3.63) is 29.3 Å². The largest absolute Gasteiger partial charge is 0.496 e. The first kappa shape index (κ1) is 16.5. The van der Waals surface area contributed by atoms with Gasteiger partial charge >= 0.3 is 0 Å². The molecule has 0 atom stereocenters. The van der Waals surface area contributed by atoms with Crippen LogP contribution in [0.15, 0.2) is 18.2 Å². The maximum Gasteiger partial charge on any atom is 0.122 e. The predicted molar refractivity (Wildman–Crippen MR) is 86.5 cm³/mol. The molecule has 0 aliphatic rings. The summed E-state index contributed by atoms with van der Waals surface area (Å²) in [5, 5.41) is 3.36. The van der Waals surface area contributed by atoms with Crippen LogP contribution in [0.4, 0.5) is 0 Å². The minimum atomic E-state index is 0.0281. The monoisotopic (exact) mass is 327 g/mol. The zero-order chi connectivity index (χ0) is 14.7. The van der Waals surface area contributed by atoms with Gasteiger partial charge in [-0.15, -0.1) is 0 Å². The van der Waals surface area contributed by atoms with Crippen molar-refractivity contribution >= 4 is 15.9 Å². The Morgan fingerprint density at radius 2 is 1.79 bits per heavy atom. The van der Waals surface area contributed by atoms with E-state index in [1.54, 1.807) is 7.11 Å². The van der Waals surface area contributed by atoms with Crippen LogP contribution >= 0.6 is 15.9 Å². The Balaban J connectivity index is 3.22. The van der Waals surface area contributed by atoms with Crippen molar-refractivity contribution in [3.8, 4) is 5.75 Å². The van der Waals surface area contributed by atoms with Gasteiger partial charge in [-0.25, -0.2) is 0 Å². The molecule has 19 heavy (non-hydrogen) atoms. The number of ether oxygens (including phenoxy) is 1. The SMILES string of the molecule is COc1ccc(C(C)(C)C)cc1C(C)(C)CNCBr. The molecule has 0 fully saturated rings. The molecule has 0 amide bonds. The molecule has 0 aliphatic heterocycles. The van der Waals surface area contributed by atoms with Gasteiger partial charge in [0.2, 0.25) is 0 Å². The summed E-state index contributed by atoms with van der Waals surface area (Å²) in [6.45, 7) is 12.1. The van der Waals surface area contributed by atoms with Crippen LogP contribution in [0.5, 0.6) is 5.75 Å². The molecule has 0 bridgehead atoms. The summed E-state index contributed by atoms with van der Waals surface area (Å²) >= 11 is 3.41. The van der Waals surface area contributed by atoms with Crippen molar-refractivity contribution < 1.29 is 4.74 Å². The first-order valence-corrected chi connectivity index (χ1v) is 7.80. The minimum Gasteiger partial charge on any atom is -0.496 e. The second kappa shape index (κ2) is 6.27. The lowest BCUT2D eigenvalue weighted by molar-refractivity contribution is 0.387. The van der Waals surface area contributed by atoms with E-state index in [2.05, 4.69) is 74.1 Å². The summed E-state index contributed by atoms with van der Waals surface area (Å²) in [6, 6.07) is 6.54. The van der Waals surface area contributed by atoms with E-state index in [0.29, 0.717) is 0 Å². The molecule has 0 unspecified atom stereocenters. The molecule has 108 valence electrons. The van der Waals surface area contributed by atoms with Crippen LogP contribution in [-0.4, -0.2) is 19.1 Å². The first-order valence-electron chi connectivity index (χ1n) is 6.68. The van der Waals surface area contributed by atoms with Crippen LogP contribution in [-0.2, 0) is 10.8 Å². The van der Waals surface area contributed by atoms with E-state index in [4.69, 9.17) is 4.74 Å². The molecule has 0 heterocycles. The lowest BCUT2D eigenvalue weighted by atomic mass is 9.79. The Hall–Kier alpha value is -0.540. The summed E-state index contributed by atoms with van der Waals surface area (Å²) in [5.41, 5.74) is 3.59. The third kappa shape index (κ3) is 4.22. The zero-order valence-electron chi connectivity index (χ0n) is 12.9. The number of nitrogens with one attached hydrogen (secondary N) is 1. The lowest BCUT2D eigenvalue weighted by Crippen LogP contribution is -2.33. The molecule has 0 radical (unpaired) electrons. The Morgan fingerprint density at radius 1 is 1.16 bits per heavy atom. The quantitative estimate of drug-likeness (QED) is 0.646. The molecular formula is C16H26BrNO. The predicted octanol–water partition coefficient (Wildman–Crippen LogP) is 4.21. The fourth-order valence-electron chi connectivity index (χ4n) is 2.16. The van der Waals surface area contributed by atoms with E-state index in [0.717, 1.165) is 17.7 Å². The normalized spacial score (nSPS) is 12.6. The maximum absolute atomic E-state index is 5.54. The maximum atomic E-state index is 5.54. The molecule has 1 aromatic rings. The van der Waals surface area contributed by atoms with Crippen molar-refractivity contribution in [2.45, 2.75) is 45.4 Å². The molecule has 0 spiro atoms. The van der Waals surface area contributed by atoms with Gasteiger partial charge in [0, 0.05) is 17.5 Å². The number of methoxy groups -OCH3 is 1. The summed E-state index contributed by atoms with van der Waals surface area (Å²) in [7, 11) is 1.74. The van der Waals surface area contributed by atoms with E-state index < -0.39 is 0 Å². The van der Waals surface area contributed by atoms with Crippen LogP contribution < -0.4 is 10.1 Å². The van der Waals surface area contributed by atoms with E-state index in [1.807, 2.05) is 0 Å². The third-order valence-electron chi connectivity index (χ3n) is 3.46. The van der Waals surface area contributed by atoms with Crippen LogP contribution in [0, 0.1) is 0 Å². The van der Waals surface area contributed by atoms with E-state index >= 15 is 0 Å². The highest BCUT2D eigenvalue weighted by atomic mass is 79.9. The van der Waals surface area contributed by atoms with Crippen molar-refractivity contribution in [3.63, 3.8) is 0 Å². The third-order valence-corrected chi connectivity index (χ3v) is 3.85. The Kier molecular flexibility index (Phi) is 5.45. The van der Waals surface area contributed by atoms with Gasteiger partial charge in [-0.1, -0.05) is 62.7 Å². The molecule has 1 aromatic carbocycles. The van der Waals surface area contributed by atoms with Crippen LogP contribution in [0.25, 0.3) is 0 Å². The van der Waals surface area contributed by atoms with Crippen molar-refractivity contribution in [2.24, 2.45) is 0 Å². The fourth-order valence-corrected chi connectivity index (χ4v) is 2.36. The highest BCUT2D eigenvalue weighted by molar-refractivity contribution is 9.09. The second-order valence-electron chi connectivity index (χ2n) is 6.61. The summed E-state index contributed by atoms with van der Waals surface area (Å²) in [5.74, 6) is 0.967. The van der Waals surface area contributed by atoms with Gasteiger partial charge in [-0.2, -0.15) is 0 Å². The molecule has 3 heteroatoms.